The number of rotatable bonds is 4. The van der Waals surface area contributed by atoms with Gasteiger partial charge in [-0.15, -0.1) is 11.3 Å². The molecule has 0 amide bonds. The Kier molecular flexibility index (Phi) is 3.76. The molecule has 1 atom stereocenters. The molecule has 1 aromatic rings. The average Bonchev–Trinajstić information content (AvgIpc) is 2.51. The van der Waals surface area contributed by atoms with Gasteiger partial charge in [-0.2, -0.15) is 0 Å². The Bertz CT molecular complexity index is 204. The van der Waals surface area contributed by atoms with E-state index in [1.807, 2.05) is 0 Å². The third kappa shape index (κ3) is 2.95. The third-order valence-electron chi connectivity index (χ3n) is 2.04. The van der Waals surface area contributed by atoms with Gasteiger partial charge in [0.15, 0.2) is 0 Å². The minimum Gasteiger partial charge on any atom is -0.393 e. The van der Waals surface area contributed by atoms with Crippen molar-refractivity contribution in [2.45, 2.75) is 32.8 Å². The molecule has 0 bridgehead atoms. The monoisotopic (exact) mass is 184 g/mol. The van der Waals surface area contributed by atoms with Gasteiger partial charge in [-0.05, 0) is 30.2 Å². The molecule has 0 fully saturated rings. The summed E-state index contributed by atoms with van der Waals surface area (Å²) < 4.78 is 0. The molecule has 0 saturated carbocycles. The molecule has 0 radical (unpaired) electrons. The Morgan fingerprint density at radius 2 is 2.25 bits per heavy atom. The van der Waals surface area contributed by atoms with Gasteiger partial charge in [0.1, 0.15) is 0 Å². The van der Waals surface area contributed by atoms with Gasteiger partial charge < -0.3 is 5.11 Å². The van der Waals surface area contributed by atoms with Gasteiger partial charge in [-0.3, -0.25) is 0 Å². The zero-order valence-corrected chi connectivity index (χ0v) is 8.47. The van der Waals surface area contributed by atoms with Gasteiger partial charge in [-0.1, -0.05) is 19.9 Å². The van der Waals surface area contributed by atoms with Crippen molar-refractivity contribution in [2.24, 2.45) is 5.92 Å². The molecule has 12 heavy (non-hydrogen) atoms. The summed E-state index contributed by atoms with van der Waals surface area (Å²) in [6, 6.07) is 4.18. The lowest BCUT2D eigenvalue weighted by Crippen LogP contribution is -2.14. The van der Waals surface area contributed by atoms with Crippen molar-refractivity contribution in [1.29, 1.82) is 0 Å². The summed E-state index contributed by atoms with van der Waals surface area (Å²) in [7, 11) is 0. The Hall–Kier alpha value is -0.340. The molecule has 1 rings (SSSR count). The molecule has 68 valence electrons. The summed E-state index contributed by atoms with van der Waals surface area (Å²) in [5.41, 5.74) is 0. The molecule has 1 N–H and O–H groups in total. The minimum absolute atomic E-state index is 0.146. The van der Waals surface area contributed by atoms with E-state index in [2.05, 4.69) is 31.4 Å². The SMILES string of the molecule is CC(C)C(O)CCc1cccs1. The second-order valence-corrected chi connectivity index (χ2v) is 4.46. The largest absolute Gasteiger partial charge is 0.393 e. The maximum atomic E-state index is 9.53. The van der Waals surface area contributed by atoms with Gasteiger partial charge in [0.05, 0.1) is 6.10 Å². The van der Waals surface area contributed by atoms with E-state index in [0.29, 0.717) is 5.92 Å². The van der Waals surface area contributed by atoms with Crippen LogP contribution >= 0.6 is 11.3 Å². The first-order chi connectivity index (χ1) is 5.70. The highest BCUT2D eigenvalue weighted by atomic mass is 32.1. The van der Waals surface area contributed by atoms with Crippen molar-refractivity contribution in [3.63, 3.8) is 0 Å². The molecule has 0 saturated heterocycles. The Labute approximate surface area is 78.1 Å². The second-order valence-electron chi connectivity index (χ2n) is 3.43. The smallest absolute Gasteiger partial charge is 0.0566 e. The molecule has 0 aromatic carbocycles. The van der Waals surface area contributed by atoms with Crippen LogP contribution in [-0.4, -0.2) is 11.2 Å². The minimum atomic E-state index is -0.146. The molecular formula is C10H16OS. The number of hydrogen-bond acceptors (Lipinski definition) is 2. The highest BCUT2D eigenvalue weighted by Crippen LogP contribution is 2.14. The molecule has 0 aliphatic rings. The van der Waals surface area contributed by atoms with Gasteiger partial charge in [0, 0.05) is 4.88 Å². The Balaban J connectivity index is 2.27. The molecule has 0 aliphatic heterocycles. The molecule has 1 nitrogen and oxygen atoms in total. The van der Waals surface area contributed by atoms with E-state index in [0.717, 1.165) is 12.8 Å². The van der Waals surface area contributed by atoms with Crippen LogP contribution in [0.25, 0.3) is 0 Å². The van der Waals surface area contributed by atoms with Crippen molar-refractivity contribution in [3.05, 3.63) is 22.4 Å². The topological polar surface area (TPSA) is 20.2 Å². The number of hydrogen-bond donors (Lipinski definition) is 1. The summed E-state index contributed by atoms with van der Waals surface area (Å²) >= 11 is 1.77. The van der Waals surface area contributed by atoms with Crippen molar-refractivity contribution < 1.29 is 5.11 Å². The van der Waals surface area contributed by atoms with Crippen LogP contribution < -0.4 is 0 Å². The van der Waals surface area contributed by atoms with Crippen molar-refractivity contribution in [2.75, 3.05) is 0 Å². The zero-order chi connectivity index (χ0) is 8.97. The van der Waals surface area contributed by atoms with Crippen LogP contribution in [0.4, 0.5) is 0 Å². The van der Waals surface area contributed by atoms with E-state index < -0.39 is 0 Å². The summed E-state index contributed by atoms with van der Waals surface area (Å²) in [6.45, 7) is 4.11. The maximum absolute atomic E-state index is 9.53. The first-order valence-corrected chi connectivity index (χ1v) is 5.28. The van der Waals surface area contributed by atoms with Crippen LogP contribution in [0.15, 0.2) is 17.5 Å². The summed E-state index contributed by atoms with van der Waals surface area (Å²) in [5.74, 6) is 0.380. The molecule has 1 unspecified atom stereocenters. The summed E-state index contributed by atoms with van der Waals surface area (Å²) in [5, 5.41) is 11.6. The van der Waals surface area contributed by atoms with Crippen molar-refractivity contribution in [1.82, 2.24) is 0 Å². The first kappa shape index (κ1) is 9.75. The van der Waals surface area contributed by atoms with E-state index in [9.17, 15) is 5.11 Å². The second kappa shape index (κ2) is 4.63. The normalized spacial score (nSPS) is 13.7. The number of aliphatic hydroxyl groups excluding tert-OH is 1. The standard InChI is InChI=1S/C10H16OS/c1-8(2)10(11)6-5-9-4-3-7-12-9/h3-4,7-8,10-11H,5-6H2,1-2H3. The van der Waals surface area contributed by atoms with E-state index in [1.165, 1.54) is 4.88 Å². The van der Waals surface area contributed by atoms with Crippen LogP contribution in [0.2, 0.25) is 0 Å². The average molecular weight is 184 g/mol. The number of aryl methyl sites for hydroxylation is 1. The van der Waals surface area contributed by atoms with E-state index >= 15 is 0 Å². The van der Waals surface area contributed by atoms with Gasteiger partial charge >= 0.3 is 0 Å². The van der Waals surface area contributed by atoms with E-state index in [4.69, 9.17) is 0 Å². The Morgan fingerprint density at radius 3 is 2.75 bits per heavy atom. The highest BCUT2D eigenvalue weighted by Gasteiger charge is 2.08. The molecule has 1 aromatic heterocycles. The molecule has 2 heteroatoms. The van der Waals surface area contributed by atoms with Gasteiger partial charge in [0.2, 0.25) is 0 Å². The zero-order valence-electron chi connectivity index (χ0n) is 7.66. The molecule has 1 heterocycles. The number of thiophene rings is 1. The molecule has 0 aliphatic carbocycles. The molecule has 0 spiro atoms. The van der Waals surface area contributed by atoms with Gasteiger partial charge in [-0.25, -0.2) is 0 Å². The van der Waals surface area contributed by atoms with Crippen LogP contribution in [0, 0.1) is 5.92 Å². The van der Waals surface area contributed by atoms with Crippen LogP contribution in [0.5, 0.6) is 0 Å². The third-order valence-corrected chi connectivity index (χ3v) is 2.97. The van der Waals surface area contributed by atoms with Crippen LogP contribution in [0.3, 0.4) is 0 Å². The van der Waals surface area contributed by atoms with Crippen LogP contribution in [0.1, 0.15) is 25.1 Å². The first-order valence-electron chi connectivity index (χ1n) is 4.40. The van der Waals surface area contributed by atoms with Gasteiger partial charge in [0.25, 0.3) is 0 Å². The predicted molar refractivity (Wildman–Crippen MR) is 53.5 cm³/mol. The van der Waals surface area contributed by atoms with Crippen LogP contribution in [-0.2, 0) is 6.42 Å². The number of aliphatic hydroxyl groups is 1. The fourth-order valence-electron chi connectivity index (χ4n) is 1.08. The summed E-state index contributed by atoms with van der Waals surface area (Å²) in [4.78, 5) is 1.37. The molecular weight excluding hydrogens is 168 g/mol. The highest BCUT2D eigenvalue weighted by molar-refractivity contribution is 7.09. The fraction of sp³-hybridized carbons (Fsp3) is 0.600. The predicted octanol–water partition coefficient (Wildman–Crippen LogP) is 2.70. The lowest BCUT2D eigenvalue weighted by Gasteiger charge is -2.12. The Morgan fingerprint density at radius 1 is 1.50 bits per heavy atom. The van der Waals surface area contributed by atoms with E-state index in [1.54, 1.807) is 11.3 Å². The van der Waals surface area contributed by atoms with Crippen molar-refractivity contribution in [3.8, 4) is 0 Å². The lowest BCUT2D eigenvalue weighted by molar-refractivity contribution is 0.117. The quantitative estimate of drug-likeness (QED) is 0.762. The van der Waals surface area contributed by atoms with Crippen molar-refractivity contribution >= 4 is 11.3 Å². The lowest BCUT2D eigenvalue weighted by atomic mass is 10.0. The fourth-order valence-corrected chi connectivity index (χ4v) is 1.80. The van der Waals surface area contributed by atoms with E-state index in [-0.39, 0.29) is 6.10 Å². The maximum Gasteiger partial charge on any atom is 0.0566 e. The summed E-state index contributed by atoms with van der Waals surface area (Å²) in [6.07, 6.45) is 1.75.